The molecule has 0 aliphatic carbocycles. The fourth-order valence-corrected chi connectivity index (χ4v) is 3.19. The van der Waals surface area contributed by atoms with Crippen LogP contribution in [0.2, 0.25) is 0 Å². The molecule has 6 heteroatoms. The predicted molar refractivity (Wildman–Crippen MR) is 111 cm³/mol. The maximum Gasteiger partial charge on any atom is 0.321 e. The van der Waals surface area contributed by atoms with Crippen LogP contribution in [0.25, 0.3) is 0 Å². The zero-order chi connectivity index (χ0) is 19.9. The first-order valence-corrected chi connectivity index (χ1v) is 9.81. The van der Waals surface area contributed by atoms with Gasteiger partial charge in [-0.1, -0.05) is 32.0 Å². The molecule has 0 bridgehead atoms. The van der Waals surface area contributed by atoms with Gasteiger partial charge >= 0.3 is 6.03 Å². The van der Waals surface area contributed by atoms with Crippen molar-refractivity contribution in [2.24, 2.45) is 0 Å². The maximum atomic E-state index is 12.5. The summed E-state index contributed by atoms with van der Waals surface area (Å²) in [5.74, 6) is 1.48. The van der Waals surface area contributed by atoms with E-state index in [9.17, 15) is 4.79 Å². The molecule has 1 N–H and O–H groups in total. The Bertz CT molecular complexity index is 788. The third-order valence-electron chi connectivity index (χ3n) is 5.02. The van der Waals surface area contributed by atoms with E-state index in [4.69, 9.17) is 9.47 Å². The first-order chi connectivity index (χ1) is 13.6. The lowest BCUT2D eigenvalue weighted by Crippen LogP contribution is -2.30. The van der Waals surface area contributed by atoms with Crippen LogP contribution in [0, 0.1) is 0 Å². The van der Waals surface area contributed by atoms with Crippen molar-refractivity contribution in [3.05, 3.63) is 53.6 Å². The van der Waals surface area contributed by atoms with Gasteiger partial charge in [-0.05, 0) is 54.9 Å². The summed E-state index contributed by atoms with van der Waals surface area (Å²) in [5, 5.41) is 2.95. The Hall–Kier alpha value is -2.73. The van der Waals surface area contributed by atoms with Crippen molar-refractivity contribution in [1.82, 2.24) is 9.80 Å². The number of amides is 2. The Labute approximate surface area is 167 Å². The SMILES string of the molecule is CCN(CC)CCc1ccc(NC(=O)N(C)Cc2ccc3c(c2)OCO3)cc1. The number of fused-ring (bicyclic) bond motifs is 1. The van der Waals surface area contributed by atoms with Crippen LogP contribution in [-0.2, 0) is 13.0 Å². The van der Waals surface area contributed by atoms with Crippen molar-refractivity contribution < 1.29 is 14.3 Å². The highest BCUT2D eigenvalue weighted by molar-refractivity contribution is 5.89. The van der Waals surface area contributed by atoms with Crippen molar-refractivity contribution in [2.75, 3.05) is 38.8 Å². The first-order valence-electron chi connectivity index (χ1n) is 9.81. The molecule has 6 nitrogen and oxygen atoms in total. The average Bonchev–Trinajstić information content (AvgIpc) is 3.17. The second kappa shape index (κ2) is 9.46. The summed E-state index contributed by atoms with van der Waals surface area (Å²) in [6.45, 7) is 8.30. The molecule has 0 unspecified atom stereocenters. The zero-order valence-electron chi connectivity index (χ0n) is 16.9. The minimum Gasteiger partial charge on any atom is -0.454 e. The molecule has 1 heterocycles. The Balaban J connectivity index is 1.51. The normalized spacial score (nSPS) is 12.3. The van der Waals surface area contributed by atoms with Gasteiger partial charge in [0, 0.05) is 25.8 Å². The van der Waals surface area contributed by atoms with Crippen LogP contribution < -0.4 is 14.8 Å². The summed E-state index contributed by atoms with van der Waals surface area (Å²) < 4.78 is 10.7. The second-order valence-corrected chi connectivity index (χ2v) is 6.95. The van der Waals surface area contributed by atoms with Crippen LogP contribution in [-0.4, -0.2) is 49.3 Å². The van der Waals surface area contributed by atoms with E-state index >= 15 is 0 Å². The Morgan fingerprint density at radius 1 is 1.00 bits per heavy atom. The minimum absolute atomic E-state index is 0.145. The van der Waals surface area contributed by atoms with Crippen molar-refractivity contribution in [3.63, 3.8) is 0 Å². The first kappa shape index (κ1) is 20.0. The van der Waals surface area contributed by atoms with Crippen molar-refractivity contribution in [2.45, 2.75) is 26.8 Å². The van der Waals surface area contributed by atoms with Gasteiger partial charge in [-0.15, -0.1) is 0 Å². The van der Waals surface area contributed by atoms with Crippen molar-refractivity contribution in [3.8, 4) is 11.5 Å². The number of likely N-dealkylation sites (N-methyl/N-ethyl adjacent to an activating group) is 1. The zero-order valence-corrected chi connectivity index (χ0v) is 16.9. The van der Waals surface area contributed by atoms with Gasteiger partial charge in [0.15, 0.2) is 11.5 Å². The Morgan fingerprint density at radius 2 is 1.68 bits per heavy atom. The molecule has 0 aromatic heterocycles. The summed E-state index contributed by atoms with van der Waals surface area (Å²) in [6, 6.07) is 13.7. The lowest BCUT2D eigenvalue weighted by Gasteiger charge is -2.19. The molecule has 0 saturated heterocycles. The van der Waals surface area contributed by atoms with E-state index < -0.39 is 0 Å². The summed E-state index contributed by atoms with van der Waals surface area (Å²) >= 11 is 0. The number of urea groups is 1. The fourth-order valence-electron chi connectivity index (χ4n) is 3.19. The summed E-state index contributed by atoms with van der Waals surface area (Å²) in [4.78, 5) is 16.5. The third-order valence-corrected chi connectivity index (χ3v) is 5.02. The summed E-state index contributed by atoms with van der Waals surface area (Å²) in [7, 11) is 1.78. The van der Waals surface area contributed by atoms with Crippen LogP contribution in [0.1, 0.15) is 25.0 Å². The highest BCUT2D eigenvalue weighted by Gasteiger charge is 2.15. The molecule has 2 aromatic carbocycles. The monoisotopic (exact) mass is 383 g/mol. The van der Waals surface area contributed by atoms with Gasteiger partial charge in [-0.25, -0.2) is 4.79 Å². The standard InChI is InChI=1S/C22H29N3O3/c1-4-25(5-2)13-12-17-6-9-19(10-7-17)23-22(26)24(3)15-18-8-11-20-21(14-18)28-16-27-20/h6-11,14H,4-5,12-13,15-16H2,1-3H3,(H,23,26). The molecule has 0 saturated carbocycles. The number of nitrogens with one attached hydrogen (secondary N) is 1. The molecule has 1 aliphatic heterocycles. The topological polar surface area (TPSA) is 54.0 Å². The number of benzene rings is 2. The molecule has 0 fully saturated rings. The van der Waals surface area contributed by atoms with Crippen LogP contribution >= 0.6 is 0 Å². The Morgan fingerprint density at radius 3 is 2.39 bits per heavy atom. The molecular formula is C22H29N3O3. The second-order valence-electron chi connectivity index (χ2n) is 6.95. The fraction of sp³-hybridized carbons (Fsp3) is 0.409. The molecular weight excluding hydrogens is 354 g/mol. The molecule has 2 aromatic rings. The van der Waals surface area contributed by atoms with Gasteiger partial charge in [-0.3, -0.25) is 0 Å². The molecule has 28 heavy (non-hydrogen) atoms. The number of hydrogen-bond acceptors (Lipinski definition) is 4. The van der Waals surface area contributed by atoms with E-state index in [0.717, 1.165) is 48.8 Å². The van der Waals surface area contributed by atoms with E-state index in [1.807, 2.05) is 30.3 Å². The molecule has 0 spiro atoms. The third kappa shape index (κ3) is 5.16. The largest absolute Gasteiger partial charge is 0.454 e. The number of carbonyl (C=O) groups excluding carboxylic acids is 1. The summed E-state index contributed by atoms with van der Waals surface area (Å²) in [6.07, 6.45) is 1.01. The van der Waals surface area contributed by atoms with Gasteiger partial charge in [-0.2, -0.15) is 0 Å². The highest BCUT2D eigenvalue weighted by atomic mass is 16.7. The number of carbonyl (C=O) groups is 1. The van der Waals surface area contributed by atoms with Crippen molar-refractivity contribution in [1.29, 1.82) is 0 Å². The average molecular weight is 383 g/mol. The van der Waals surface area contributed by atoms with E-state index in [1.54, 1.807) is 11.9 Å². The van der Waals surface area contributed by atoms with Gasteiger partial charge in [0.05, 0.1) is 0 Å². The predicted octanol–water partition coefficient (Wildman–Crippen LogP) is 3.96. The number of anilines is 1. The van der Waals surface area contributed by atoms with Gasteiger partial charge in [0.25, 0.3) is 0 Å². The number of ether oxygens (including phenoxy) is 2. The van der Waals surface area contributed by atoms with Gasteiger partial charge < -0.3 is 24.6 Å². The molecule has 1 aliphatic rings. The summed E-state index contributed by atoms with van der Waals surface area (Å²) in [5.41, 5.74) is 3.07. The molecule has 150 valence electrons. The lowest BCUT2D eigenvalue weighted by atomic mass is 10.1. The van der Waals surface area contributed by atoms with Crippen LogP contribution in [0.3, 0.4) is 0 Å². The molecule has 0 atom stereocenters. The lowest BCUT2D eigenvalue weighted by molar-refractivity contribution is 0.174. The van der Waals surface area contributed by atoms with E-state index in [0.29, 0.717) is 6.54 Å². The maximum absolute atomic E-state index is 12.5. The van der Waals surface area contributed by atoms with Crippen LogP contribution in [0.4, 0.5) is 10.5 Å². The molecule has 0 radical (unpaired) electrons. The number of nitrogens with zero attached hydrogens (tertiary/aromatic N) is 2. The van der Waals surface area contributed by atoms with Gasteiger partial charge in [0.1, 0.15) is 0 Å². The molecule has 3 rings (SSSR count). The minimum atomic E-state index is -0.145. The quantitative estimate of drug-likeness (QED) is 0.750. The van der Waals surface area contributed by atoms with Gasteiger partial charge in [0.2, 0.25) is 6.79 Å². The number of rotatable bonds is 8. The number of hydrogen-bond donors (Lipinski definition) is 1. The van der Waals surface area contributed by atoms with Crippen molar-refractivity contribution >= 4 is 11.7 Å². The van der Waals surface area contributed by atoms with E-state index in [-0.39, 0.29) is 12.8 Å². The van der Waals surface area contributed by atoms with Crippen LogP contribution in [0.15, 0.2) is 42.5 Å². The smallest absolute Gasteiger partial charge is 0.321 e. The van der Waals surface area contributed by atoms with E-state index in [2.05, 4.69) is 36.2 Å². The highest BCUT2D eigenvalue weighted by Crippen LogP contribution is 2.32. The molecule has 2 amide bonds. The Kier molecular flexibility index (Phi) is 6.76. The van der Waals surface area contributed by atoms with Crippen LogP contribution in [0.5, 0.6) is 11.5 Å². The van der Waals surface area contributed by atoms with E-state index in [1.165, 1.54) is 5.56 Å².